The van der Waals surface area contributed by atoms with Gasteiger partial charge in [0.2, 0.25) is 0 Å². The van der Waals surface area contributed by atoms with Crippen LogP contribution >= 0.6 is 0 Å². The van der Waals surface area contributed by atoms with Gasteiger partial charge < -0.3 is 10.2 Å². The summed E-state index contributed by atoms with van der Waals surface area (Å²) in [5.74, 6) is 0. The minimum Gasteiger partial charge on any atom is -0.396 e. The molecule has 2 N–H and O–H groups in total. The van der Waals surface area contributed by atoms with Crippen molar-refractivity contribution in [2.45, 2.75) is 186 Å². The van der Waals surface area contributed by atoms with E-state index < -0.39 is 0 Å². The molecule has 34 heavy (non-hydrogen) atoms. The highest BCUT2D eigenvalue weighted by molar-refractivity contribution is 4.78. The van der Waals surface area contributed by atoms with Crippen molar-refractivity contribution in [3.05, 3.63) is 0 Å². The number of aliphatic hydroxyl groups excluding tert-OH is 2. The summed E-state index contributed by atoms with van der Waals surface area (Å²) in [5.41, 5.74) is -0.169. The molecular weight excluding hydrogens is 416 g/mol. The van der Waals surface area contributed by atoms with Crippen molar-refractivity contribution in [2.24, 2.45) is 5.41 Å². The lowest BCUT2D eigenvalue weighted by molar-refractivity contribution is 0.0345. The summed E-state index contributed by atoms with van der Waals surface area (Å²) in [6.07, 6.45) is 40.9. The van der Waals surface area contributed by atoms with Crippen LogP contribution in [0.4, 0.5) is 0 Å². The maximum atomic E-state index is 9.36. The monoisotopic (exact) mass is 480 g/mol. The van der Waals surface area contributed by atoms with E-state index >= 15 is 0 Å². The van der Waals surface area contributed by atoms with E-state index in [1.54, 1.807) is 0 Å². The smallest absolute Gasteiger partial charge is 0.0509 e. The molecular formula is C32H64O2. The third-order valence-electron chi connectivity index (χ3n) is 8.59. The lowest BCUT2D eigenvalue weighted by atomic mass is 9.78. The Kier molecular flexibility index (Phi) is 23.1. The Morgan fingerprint density at radius 2 is 0.412 bits per heavy atom. The fraction of sp³-hybridized carbons (Fsp3) is 1.00. The van der Waals surface area contributed by atoms with Gasteiger partial charge >= 0.3 is 0 Å². The first-order valence-corrected chi connectivity index (χ1v) is 16.0. The summed E-state index contributed by atoms with van der Waals surface area (Å²) in [6, 6.07) is 0. The topological polar surface area (TPSA) is 40.5 Å². The molecule has 0 bridgehead atoms. The minimum atomic E-state index is -0.169. The summed E-state index contributed by atoms with van der Waals surface area (Å²) in [4.78, 5) is 0. The van der Waals surface area contributed by atoms with Crippen LogP contribution in [0.15, 0.2) is 0 Å². The van der Waals surface area contributed by atoms with Gasteiger partial charge in [-0.2, -0.15) is 0 Å². The average Bonchev–Trinajstić information content (AvgIpc) is 2.90. The van der Waals surface area contributed by atoms with Crippen LogP contribution in [0.5, 0.6) is 0 Å². The second-order valence-corrected chi connectivity index (χ2v) is 11.9. The molecule has 0 amide bonds. The highest BCUT2D eigenvalue weighted by Gasteiger charge is 2.27. The number of aliphatic hydroxyl groups is 2. The first-order chi connectivity index (χ1) is 16.8. The Bertz CT molecular complexity index is 292. The standard InChI is InChI=1S/C12H24O2.2C10H20/c13-10-12(11-14)8-6-4-2-1-3-5-7-9-12;2*1-2-4-6-8-10-9-7-5-3-1/h13-14H,1-11H2;2*1-10H2. The molecule has 0 aromatic carbocycles. The van der Waals surface area contributed by atoms with Crippen LogP contribution in [0.3, 0.4) is 0 Å². The predicted octanol–water partition coefficient (Wildman–Crippen LogP) is 10.3. The average molecular weight is 481 g/mol. The largest absolute Gasteiger partial charge is 0.396 e. The normalized spacial score (nSPS) is 24.2. The third kappa shape index (κ3) is 19.1. The van der Waals surface area contributed by atoms with Gasteiger partial charge in [-0.05, 0) is 12.8 Å². The SMILES string of the molecule is C1CCCCCCCCC1.C1CCCCCCCCC1.OCC1(CO)CCCCCCCCC1. The van der Waals surface area contributed by atoms with E-state index in [4.69, 9.17) is 0 Å². The van der Waals surface area contributed by atoms with Crippen LogP contribution < -0.4 is 0 Å². The Morgan fingerprint density at radius 1 is 0.265 bits per heavy atom. The fourth-order valence-corrected chi connectivity index (χ4v) is 5.91. The zero-order valence-electron chi connectivity index (χ0n) is 23.3. The van der Waals surface area contributed by atoms with Gasteiger partial charge in [-0.3, -0.25) is 0 Å². The van der Waals surface area contributed by atoms with E-state index in [1.807, 2.05) is 0 Å². The molecule has 0 aliphatic heterocycles. The van der Waals surface area contributed by atoms with E-state index in [2.05, 4.69) is 0 Å². The van der Waals surface area contributed by atoms with Crippen molar-refractivity contribution in [2.75, 3.05) is 13.2 Å². The van der Waals surface area contributed by atoms with Gasteiger partial charge in [0.15, 0.2) is 0 Å². The van der Waals surface area contributed by atoms with Gasteiger partial charge in [0.25, 0.3) is 0 Å². The van der Waals surface area contributed by atoms with Crippen LogP contribution in [-0.2, 0) is 0 Å². The lowest BCUT2D eigenvalue weighted by Gasteiger charge is -2.30. The highest BCUT2D eigenvalue weighted by atomic mass is 16.3. The molecule has 0 heterocycles. The molecule has 204 valence electrons. The summed E-state index contributed by atoms with van der Waals surface area (Å²) in [6.45, 7) is 0.312. The first kappa shape index (κ1) is 31.9. The molecule has 0 unspecified atom stereocenters. The summed E-state index contributed by atoms with van der Waals surface area (Å²) >= 11 is 0. The van der Waals surface area contributed by atoms with Gasteiger partial charge in [0.1, 0.15) is 0 Å². The van der Waals surface area contributed by atoms with E-state index in [9.17, 15) is 10.2 Å². The molecule has 0 saturated heterocycles. The van der Waals surface area contributed by atoms with Crippen LogP contribution in [0, 0.1) is 5.41 Å². The minimum absolute atomic E-state index is 0.156. The van der Waals surface area contributed by atoms with E-state index in [1.165, 1.54) is 173 Å². The lowest BCUT2D eigenvalue weighted by Crippen LogP contribution is -2.30. The summed E-state index contributed by atoms with van der Waals surface area (Å²) < 4.78 is 0. The second kappa shape index (κ2) is 24.6. The molecule has 2 nitrogen and oxygen atoms in total. The van der Waals surface area contributed by atoms with Gasteiger partial charge in [-0.15, -0.1) is 0 Å². The van der Waals surface area contributed by atoms with Crippen molar-refractivity contribution < 1.29 is 10.2 Å². The zero-order chi connectivity index (χ0) is 24.4. The summed E-state index contributed by atoms with van der Waals surface area (Å²) in [7, 11) is 0. The zero-order valence-corrected chi connectivity index (χ0v) is 23.3. The molecule has 3 aliphatic carbocycles. The van der Waals surface area contributed by atoms with Crippen molar-refractivity contribution in [1.29, 1.82) is 0 Å². The number of rotatable bonds is 2. The second-order valence-electron chi connectivity index (χ2n) is 11.9. The van der Waals surface area contributed by atoms with Crippen LogP contribution in [0.1, 0.15) is 186 Å². The van der Waals surface area contributed by atoms with E-state index in [-0.39, 0.29) is 18.6 Å². The molecule has 0 spiro atoms. The third-order valence-corrected chi connectivity index (χ3v) is 8.59. The van der Waals surface area contributed by atoms with Crippen molar-refractivity contribution in [1.82, 2.24) is 0 Å². The summed E-state index contributed by atoms with van der Waals surface area (Å²) in [5, 5.41) is 18.7. The maximum Gasteiger partial charge on any atom is 0.0509 e. The molecule has 3 aliphatic rings. The van der Waals surface area contributed by atoms with Crippen LogP contribution in [0.25, 0.3) is 0 Å². The molecule has 2 heteroatoms. The molecule has 0 atom stereocenters. The maximum absolute atomic E-state index is 9.36. The fourth-order valence-electron chi connectivity index (χ4n) is 5.91. The van der Waals surface area contributed by atoms with Gasteiger partial charge in [-0.25, -0.2) is 0 Å². The van der Waals surface area contributed by atoms with Crippen molar-refractivity contribution in [3.8, 4) is 0 Å². The van der Waals surface area contributed by atoms with E-state index in [0.29, 0.717) is 0 Å². The molecule has 0 aromatic rings. The Morgan fingerprint density at radius 3 is 0.559 bits per heavy atom. The molecule has 3 fully saturated rings. The van der Waals surface area contributed by atoms with Gasteiger partial charge in [0, 0.05) is 5.41 Å². The number of hydrogen-bond donors (Lipinski definition) is 2. The first-order valence-electron chi connectivity index (χ1n) is 16.0. The number of hydrogen-bond acceptors (Lipinski definition) is 2. The van der Waals surface area contributed by atoms with Crippen molar-refractivity contribution in [3.63, 3.8) is 0 Å². The Balaban J connectivity index is 0.000000261. The Hall–Kier alpha value is -0.0800. The predicted molar refractivity (Wildman–Crippen MR) is 150 cm³/mol. The van der Waals surface area contributed by atoms with Gasteiger partial charge in [-0.1, -0.05) is 173 Å². The molecule has 0 radical (unpaired) electrons. The van der Waals surface area contributed by atoms with Crippen LogP contribution in [0.2, 0.25) is 0 Å². The highest BCUT2D eigenvalue weighted by Crippen LogP contribution is 2.32. The van der Waals surface area contributed by atoms with Crippen LogP contribution in [-0.4, -0.2) is 23.4 Å². The van der Waals surface area contributed by atoms with Gasteiger partial charge in [0.05, 0.1) is 13.2 Å². The van der Waals surface area contributed by atoms with Crippen molar-refractivity contribution >= 4 is 0 Å². The quantitative estimate of drug-likeness (QED) is 0.412. The molecule has 3 saturated carbocycles. The van der Waals surface area contributed by atoms with E-state index in [0.717, 1.165) is 12.8 Å². The molecule has 0 aromatic heterocycles. The molecule has 3 rings (SSSR count). The Labute approximate surface area is 215 Å².